The summed E-state index contributed by atoms with van der Waals surface area (Å²) in [5.74, 6) is -1.89. The summed E-state index contributed by atoms with van der Waals surface area (Å²) >= 11 is 0. The van der Waals surface area contributed by atoms with Crippen LogP contribution in [0.1, 0.15) is 54.0 Å². The number of allylic oxidation sites excluding steroid dienone is 1. The molecule has 0 saturated carbocycles. The van der Waals surface area contributed by atoms with Crippen LogP contribution in [0.3, 0.4) is 0 Å². The number of fused-ring (bicyclic) bond motifs is 1. The molecule has 0 fully saturated rings. The van der Waals surface area contributed by atoms with Gasteiger partial charge in [-0.05, 0) is 50.1 Å². The molecule has 2 aromatic rings. The molecule has 190 valence electrons. The smallest absolute Gasteiger partial charge is 0.326 e. The van der Waals surface area contributed by atoms with E-state index >= 15 is 0 Å². The third-order valence-corrected chi connectivity index (χ3v) is 5.79. The number of carboxylic acid groups (broad SMARTS) is 2. The molecule has 3 rings (SSSR count). The molecule has 2 heterocycles. The average molecular weight is 495 g/mol. The topological polar surface area (TPSA) is 171 Å². The van der Waals surface area contributed by atoms with Crippen molar-refractivity contribution in [1.82, 2.24) is 15.3 Å². The molecule has 36 heavy (non-hydrogen) atoms. The SMILES string of the molecule is Cc1nc(N)c2c(n1)C(C)C/C=C/C(CN(C)c1ccc(C(=O)NC(CCC(=O)O)C(=O)O)cc1)=N2. The quantitative estimate of drug-likeness (QED) is 0.409. The number of nitrogens with one attached hydrogen (secondary N) is 1. The molecule has 1 aromatic heterocycles. The molecule has 0 spiro atoms. The van der Waals surface area contributed by atoms with Crippen LogP contribution < -0.4 is 16.0 Å². The summed E-state index contributed by atoms with van der Waals surface area (Å²) in [5, 5.41) is 20.4. The Bertz CT molecular complexity index is 1210. The van der Waals surface area contributed by atoms with Crippen molar-refractivity contribution in [2.45, 2.75) is 45.1 Å². The third kappa shape index (κ3) is 6.65. The van der Waals surface area contributed by atoms with Crippen LogP contribution in [0.25, 0.3) is 0 Å². The highest BCUT2D eigenvalue weighted by Gasteiger charge is 2.22. The second kappa shape index (κ2) is 11.4. The Morgan fingerprint density at radius 1 is 1.19 bits per heavy atom. The molecule has 1 aliphatic heterocycles. The molecule has 1 aromatic carbocycles. The number of anilines is 2. The molecule has 2 atom stereocenters. The number of aliphatic imine (C=N–C) groups is 1. The fourth-order valence-electron chi connectivity index (χ4n) is 3.83. The van der Waals surface area contributed by atoms with Gasteiger partial charge in [-0.1, -0.05) is 13.0 Å². The Hall–Kier alpha value is -4.28. The third-order valence-electron chi connectivity index (χ3n) is 5.79. The minimum atomic E-state index is -1.29. The van der Waals surface area contributed by atoms with Gasteiger partial charge in [0.1, 0.15) is 17.6 Å². The van der Waals surface area contributed by atoms with Gasteiger partial charge in [0.05, 0.1) is 18.0 Å². The van der Waals surface area contributed by atoms with Crippen LogP contribution in [0.5, 0.6) is 0 Å². The number of carboxylic acids is 2. The number of amides is 1. The van der Waals surface area contributed by atoms with Gasteiger partial charge in [-0.15, -0.1) is 0 Å². The fraction of sp³-hybridized carbons (Fsp3) is 0.360. The van der Waals surface area contributed by atoms with Gasteiger partial charge < -0.3 is 26.2 Å². The minimum Gasteiger partial charge on any atom is -0.481 e. The molecule has 11 nitrogen and oxygen atoms in total. The summed E-state index contributed by atoms with van der Waals surface area (Å²) in [7, 11) is 1.88. The Morgan fingerprint density at radius 3 is 2.53 bits per heavy atom. The predicted molar refractivity (Wildman–Crippen MR) is 136 cm³/mol. The molecule has 1 aliphatic rings. The first-order valence-corrected chi connectivity index (χ1v) is 11.5. The molecule has 11 heteroatoms. The van der Waals surface area contributed by atoms with Crippen molar-refractivity contribution in [3.8, 4) is 0 Å². The van der Waals surface area contributed by atoms with Crippen LogP contribution >= 0.6 is 0 Å². The largest absolute Gasteiger partial charge is 0.481 e. The van der Waals surface area contributed by atoms with Crippen molar-refractivity contribution >= 4 is 40.8 Å². The van der Waals surface area contributed by atoms with Gasteiger partial charge >= 0.3 is 11.9 Å². The van der Waals surface area contributed by atoms with E-state index in [4.69, 9.17) is 15.8 Å². The predicted octanol–water partition coefficient (Wildman–Crippen LogP) is 2.69. The van der Waals surface area contributed by atoms with E-state index < -0.39 is 23.9 Å². The highest BCUT2D eigenvalue weighted by Crippen LogP contribution is 2.33. The molecular formula is C25H30N6O5. The van der Waals surface area contributed by atoms with Crippen molar-refractivity contribution in [3.05, 3.63) is 53.5 Å². The second-order valence-corrected chi connectivity index (χ2v) is 8.73. The number of nitrogen functional groups attached to an aromatic ring is 1. The van der Waals surface area contributed by atoms with Crippen LogP contribution in [0.15, 0.2) is 41.4 Å². The standard InChI is InChI=1S/C25H30N6O5/c1-14-5-4-6-17(29-22-21(14)27-15(2)28-23(22)26)13-31(3)18-9-7-16(8-10-18)24(34)30-19(25(35)36)11-12-20(32)33/h4,6-10,14,19H,5,11-13H2,1-3H3,(H,30,34)(H,32,33)(H,35,36)(H2,26,27,28)/b6-4+,29-17?. The van der Waals surface area contributed by atoms with Crippen molar-refractivity contribution in [2.75, 3.05) is 24.2 Å². The summed E-state index contributed by atoms with van der Waals surface area (Å²) in [6.07, 6.45) is 4.24. The summed E-state index contributed by atoms with van der Waals surface area (Å²) in [6.45, 7) is 4.34. The zero-order valence-corrected chi connectivity index (χ0v) is 20.4. The first-order valence-electron chi connectivity index (χ1n) is 11.5. The van der Waals surface area contributed by atoms with Crippen LogP contribution in [-0.2, 0) is 9.59 Å². The molecular weight excluding hydrogens is 464 g/mol. The zero-order valence-electron chi connectivity index (χ0n) is 20.4. The van der Waals surface area contributed by atoms with E-state index in [-0.39, 0.29) is 24.3 Å². The Labute approximate surface area is 208 Å². The first-order chi connectivity index (χ1) is 17.0. The number of aliphatic carboxylic acids is 2. The number of hydrogen-bond donors (Lipinski definition) is 4. The lowest BCUT2D eigenvalue weighted by Gasteiger charge is -2.22. The number of carbonyl (C=O) groups excluding carboxylic acids is 1. The number of aryl methyl sites for hydroxylation is 1. The van der Waals surface area contributed by atoms with E-state index in [1.165, 1.54) is 0 Å². The van der Waals surface area contributed by atoms with Crippen LogP contribution in [-0.4, -0.2) is 63.4 Å². The molecule has 0 bridgehead atoms. The molecule has 2 unspecified atom stereocenters. The Morgan fingerprint density at radius 2 is 1.89 bits per heavy atom. The van der Waals surface area contributed by atoms with Gasteiger partial charge in [0.15, 0.2) is 5.82 Å². The van der Waals surface area contributed by atoms with E-state index in [1.54, 1.807) is 31.2 Å². The maximum Gasteiger partial charge on any atom is 0.326 e. The Kier molecular flexibility index (Phi) is 8.36. The van der Waals surface area contributed by atoms with E-state index in [1.807, 2.05) is 18.0 Å². The van der Waals surface area contributed by atoms with Crippen molar-refractivity contribution in [3.63, 3.8) is 0 Å². The molecule has 0 aliphatic carbocycles. The van der Waals surface area contributed by atoms with Crippen molar-refractivity contribution in [2.24, 2.45) is 4.99 Å². The molecule has 0 radical (unpaired) electrons. The number of benzene rings is 1. The molecule has 0 saturated heterocycles. The van der Waals surface area contributed by atoms with E-state index in [0.717, 1.165) is 23.5 Å². The van der Waals surface area contributed by atoms with Gasteiger partial charge in [-0.3, -0.25) is 9.59 Å². The highest BCUT2D eigenvalue weighted by molar-refractivity contribution is 6.01. The average Bonchev–Trinajstić information content (AvgIpc) is 2.81. The first kappa shape index (κ1) is 26.3. The summed E-state index contributed by atoms with van der Waals surface area (Å²) in [4.78, 5) is 50.1. The lowest BCUT2D eigenvalue weighted by atomic mass is 10.00. The monoisotopic (exact) mass is 494 g/mol. The maximum absolute atomic E-state index is 12.5. The summed E-state index contributed by atoms with van der Waals surface area (Å²) < 4.78 is 0. The lowest BCUT2D eigenvalue weighted by molar-refractivity contribution is -0.140. The number of aromatic nitrogens is 2. The second-order valence-electron chi connectivity index (χ2n) is 8.73. The van der Waals surface area contributed by atoms with Gasteiger partial charge in [0.2, 0.25) is 0 Å². The summed E-state index contributed by atoms with van der Waals surface area (Å²) in [5.41, 5.74) is 9.42. The zero-order chi connectivity index (χ0) is 26.4. The van der Waals surface area contributed by atoms with Gasteiger partial charge in [-0.2, -0.15) is 0 Å². The summed E-state index contributed by atoms with van der Waals surface area (Å²) in [6, 6.07) is 5.36. The highest BCUT2D eigenvalue weighted by atomic mass is 16.4. The maximum atomic E-state index is 12.5. The fourth-order valence-corrected chi connectivity index (χ4v) is 3.83. The van der Waals surface area contributed by atoms with Crippen molar-refractivity contribution in [1.29, 1.82) is 0 Å². The normalized spacial score (nSPS) is 16.5. The number of nitrogens with two attached hydrogens (primary N) is 1. The van der Waals surface area contributed by atoms with Gasteiger partial charge in [-0.25, -0.2) is 19.8 Å². The van der Waals surface area contributed by atoms with Crippen LogP contribution in [0.2, 0.25) is 0 Å². The number of carbonyl (C=O) groups is 3. The van der Waals surface area contributed by atoms with Crippen LogP contribution in [0, 0.1) is 6.92 Å². The molecule has 5 N–H and O–H groups in total. The lowest BCUT2D eigenvalue weighted by Crippen LogP contribution is -2.41. The van der Waals surface area contributed by atoms with Gasteiger partial charge in [0.25, 0.3) is 5.91 Å². The van der Waals surface area contributed by atoms with Crippen molar-refractivity contribution < 1.29 is 24.6 Å². The number of rotatable bonds is 9. The minimum absolute atomic E-state index is 0.159. The Balaban J connectivity index is 1.73. The number of hydrogen-bond acceptors (Lipinski definition) is 8. The van der Waals surface area contributed by atoms with E-state index in [2.05, 4.69) is 28.3 Å². The van der Waals surface area contributed by atoms with Gasteiger partial charge in [0, 0.05) is 30.6 Å². The van der Waals surface area contributed by atoms with E-state index in [0.29, 0.717) is 23.9 Å². The number of nitrogens with zero attached hydrogens (tertiary/aromatic N) is 4. The molecule has 1 amide bonds. The van der Waals surface area contributed by atoms with E-state index in [9.17, 15) is 19.5 Å². The van der Waals surface area contributed by atoms with Crippen LogP contribution in [0.4, 0.5) is 17.2 Å².